The third-order valence-electron chi connectivity index (χ3n) is 8.98. The number of ketones is 1. The molecule has 7 heteroatoms. The number of ether oxygens (including phenoxy) is 2. The number of hydrogen-bond donors (Lipinski definition) is 0. The van der Waals surface area contributed by atoms with Crippen LogP contribution in [0.2, 0.25) is 16.6 Å². The third kappa shape index (κ3) is 3.85. The molecule has 7 atom stereocenters. The summed E-state index contributed by atoms with van der Waals surface area (Å²) in [5.74, 6) is -0.125. The first-order valence-corrected chi connectivity index (χ1v) is 14.8. The Morgan fingerprint density at radius 2 is 1.66 bits per heavy atom. The molecule has 0 amide bonds. The van der Waals surface area contributed by atoms with E-state index in [1.807, 2.05) is 0 Å². The molecule has 6 nitrogen and oxygen atoms in total. The largest absolute Gasteiger partial charge is 0.368 e. The minimum absolute atomic E-state index is 0.0249. The fourth-order valence-electron chi connectivity index (χ4n) is 7.38. The zero-order valence-corrected chi connectivity index (χ0v) is 22.9. The summed E-state index contributed by atoms with van der Waals surface area (Å²) < 4.78 is 20.0. The lowest BCUT2D eigenvalue weighted by Crippen LogP contribution is -2.78. The number of hydrogen-bond acceptors (Lipinski definition) is 6. The molecule has 1 saturated carbocycles. The summed E-state index contributed by atoms with van der Waals surface area (Å²) in [5, 5.41) is 0. The van der Waals surface area contributed by atoms with Gasteiger partial charge >= 0.3 is 0 Å². The molecule has 32 heavy (non-hydrogen) atoms. The first kappa shape index (κ1) is 26.3. The Kier molecular flexibility index (Phi) is 7.71. The SMILES string of the molecule is COC1(O[Si](C(C)C)(C(C)C)C(C)C)O[C@@H]2OO[C@]23[C@@H](CC[C@@H](C)[C@@H]3CCC(C)=O)C1C. The molecule has 0 aromatic rings. The van der Waals surface area contributed by atoms with Crippen LogP contribution in [-0.2, 0) is 28.5 Å². The van der Waals surface area contributed by atoms with E-state index in [1.54, 1.807) is 14.0 Å². The van der Waals surface area contributed by atoms with Crippen molar-refractivity contribution in [1.82, 2.24) is 0 Å². The lowest BCUT2D eigenvalue weighted by Gasteiger charge is -2.66. The Hall–Kier alpha value is -0.313. The van der Waals surface area contributed by atoms with Crippen LogP contribution in [0.15, 0.2) is 0 Å². The Morgan fingerprint density at radius 1 is 1.06 bits per heavy atom. The highest BCUT2D eigenvalue weighted by Crippen LogP contribution is 2.62. The van der Waals surface area contributed by atoms with Crippen molar-refractivity contribution in [2.75, 3.05) is 7.11 Å². The van der Waals surface area contributed by atoms with Crippen molar-refractivity contribution in [3.8, 4) is 0 Å². The van der Waals surface area contributed by atoms with Gasteiger partial charge in [-0.2, -0.15) is 0 Å². The molecule has 2 heterocycles. The highest BCUT2D eigenvalue weighted by molar-refractivity contribution is 6.77. The van der Waals surface area contributed by atoms with Gasteiger partial charge in [-0.1, -0.05) is 55.4 Å². The average molecular weight is 471 g/mol. The van der Waals surface area contributed by atoms with Gasteiger partial charge in [-0.15, -0.1) is 0 Å². The molecule has 0 aromatic heterocycles. The molecule has 1 aliphatic carbocycles. The number of Topliss-reactive ketones (excluding diaryl/α,β-unsaturated/α-hetero) is 1. The van der Waals surface area contributed by atoms with E-state index in [0.29, 0.717) is 29.0 Å². The predicted molar refractivity (Wildman–Crippen MR) is 126 cm³/mol. The molecule has 3 aliphatic rings. The number of carbonyl (C=O) groups excluding carboxylic acids is 1. The molecule has 2 aliphatic heterocycles. The highest BCUT2D eigenvalue weighted by Gasteiger charge is 2.74. The Labute approximate surface area is 196 Å². The lowest BCUT2D eigenvalue weighted by atomic mass is 9.57. The van der Waals surface area contributed by atoms with Crippen molar-refractivity contribution in [2.24, 2.45) is 23.7 Å². The third-order valence-corrected chi connectivity index (χ3v) is 15.0. The fraction of sp³-hybridized carbons (Fsp3) is 0.960. The van der Waals surface area contributed by atoms with Gasteiger partial charge in [0.15, 0.2) is 5.60 Å². The van der Waals surface area contributed by atoms with Crippen LogP contribution in [0.25, 0.3) is 0 Å². The molecular weight excluding hydrogens is 424 g/mol. The lowest BCUT2D eigenvalue weighted by molar-refractivity contribution is -0.639. The van der Waals surface area contributed by atoms with Gasteiger partial charge in [-0.25, -0.2) is 9.78 Å². The van der Waals surface area contributed by atoms with E-state index in [2.05, 4.69) is 55.4 Å². The molecule has 0 aromatic carbocycles. The smallest absolute Gasteiger partial charge is 0.278 e. The second-order valence-electron chi connectivity index (χ2n) is 11.5. The van der Waals surface area contributed by atoms with Crippen LogP contribution in [0.5, 0.6) is 0 Å². The normalized spacial score (nSPS) is 39.7. The summed E-state index contributed by atoms with van der Waals surface area (Å²) in [6.45, 7) is 19.8. The van der Waals surface area contributed by atoms with Gasteiger partial charge in [0.05, 0.1) is 0 Å². The van der Waals surface area contributed by atoms with Gasteiger partial charge in [0, 0.05) is 25.4 Å². The van der Waals surface area contributed by atoms with Crippen molar-refractivity contribution in [3.05, 3.63) is 0 Å². The van der Waals surface area contributed by atoms with Crippen LogP contribution < -0.4 is 0 Å². The summed E-state index contributed by atoms with van der Waals surface area (Å²) in [5.41, 5.74) is 0.691. The predicted octanol–water partition coefficient (Wildman–Crippen LogP) is 6.20. The van der Waals surface area contributed by atoms with Crippen molar-refractivity contribution < 1.29 is 28.5 Å². The maximum atomic E-state index is 11.8. The standard InChI is InChI=1S/C25H46O6Si/c1-15(2)32(16(3)4,17(5)6)31-25(27-10)20(9)22-13-11-18(7)21(14-12-19(8)26)24(22)23(28-25)29-30-24/h15-18,20-23H,11-14H2,1-10H3/t18-,20?,21+,22+,23-,24-,25?/m1/s1. The molecule has 2 saturated heterocycles. The van der Waals surface area contributed by atoms with Crippen molar-refractivity contribution in [2.45, 2.75) is 122 Å². The average Bonchev–Trinajstić information content (AvgIpc) is 2.70. The maximum Gasteiger partial charge on any atom is 0.278 e. The number of methoxy groups -OCH3 is 1. The minimum atomic E-state index is -2.29. The minimum Gasteiger partial charge on any atom is -0.368 e. The van der Waals surface area contributed by atoms with E-state index in [9.17, 15) is 4.79 Å². The van der Waals surface area contributed by atoms with Crippen molar-refractivity contribution in [3.63, 3.8) is 0 Å². The fourth-order valence-corrected chi connectivity index (χ4v) is 12.9. The Bertz CT molecular complexity index is 660. The molecule has 1 spiro atoms. The molecule has 3 rings (SSSR count). The van der Waals surface area contributed by atoms with E-state index < -0.39 is 26.2 Å². The molecular formula is C25H46O6Si. The summed E-state index contributed by atoms with van der Waals surface area (Å²) >= 11 is 0. The van der Waals surface area contributed by atoms with Gasteiger partial charge in [0.1, 0.15) is 5.78 Å². The van der Waals surface area contributed by atoms with Gasteiger partial charge in [0.25, 0.3) is 5.97 Å². The van der Waals surface area contributed by atoms with E-state index in [1.165, 1.54) is 0 Å². The molecule has 186 valence electrons. The number of carbonyl (C=O) groups is 1. The molecule has 0 bridgehead atoms. The van der Waals surface area contributed by atoms with Crippen LogP contribution in [0.1, 0.15) is 88.0 Å². The first-order valence-electron chi connectivity index (χ1n) is 12.7. The van der Waals surface area contributed by atoms with Gasteiger partial charge in [-0.05, 0) is 54.6 Å². The van der Waals surface area contributed by atoms with Crippen LogP contribution in [0.3, 0.4) is 0 Å². The zero-order chi connectivity index (χ0) is 24.1. The highest BCUT2D eigenvalue weighted by atomic mass is 28.4. The van der Waals surface area contributed by atoms with Crippen LogP contribution in [0, 0.1) is 23.7 Å². The quantitative estimate of drug-likeness (QED) is 0.227. The van der Waals surface area contributed by atoms with E-state index in [4.69, 9.17) is 23.7 Å². The van der Waals surface area contributed by atoms with E-state index in [0.717, 1.165) is 19.3 Å². The van der Waals surface area contributed by atoms with E-state index >= 15 is 0 Å². The summed E-state index contributed by atoms with van der Waals surface area (Å²) in [6.07, 6.45) is 2.92. The number of rotatable bonds is 9. The van der Waals surface area contributed by atoms with Crippen LogP contribution in [-0.4, -0.2) is 39.1 Å². The van der Waals surface area contributed by atoms with Crippen molar-refractivity contribution in [1.29, 1.82) is 0 Å². The van der Waals surface area contributed by atoms with Crippen molar-refractivity contribution >= 4 is 14.1 Å². The monoisotopic (exact) mass is 470 g/mol. The molecule has 2 unspecified atom stereocenters. The second kappa shape index (κ2) is 9.38. The first-order chi connectivity index (χ1) is 14.9. The maximum absolute atomic E-state index is 11.8. The van der Waals surface area contributed by atoms with Crippen LogP contribution in [0.4, 0.5) is 0 Å². The van der Waals surface area contributed by atoms with Gasteiger partial charge in [0.2, 0.25) is 14.6 Å². The van der Waals surface area contributed by atoms with Crippen LogP contribution >= 0.6 is 0 Å². The summed E-state index contributed by atoms with van der Waals surface area (Å²) in [7, 11) is -0.592. The molecule has 0 N–H and O–H groups in total. The Balaban J connectivity index is 1.99. The molecule has 3 fully saturated rings. The topological polar surface area (TPSA) is 63.2 Å². The Morgan fingerprint density at radius 3 is 2.09 bits per heavy atom. The summed E-state index contributed by atoms with van der Waals surface area (Å²) in [4.78, 5) is 23.4. The molecule has 0 radical (unpaired) electrons. The van der Waals surface area contributed by atoms with Gasteiger partial charge in [-0.3, -0.25) is 4.74 Å². The van der Waals surface area contributed by atoms with E-state index in [-0.39, 0.29) is 23.5 Å². The van der Waals surface area contributed by atoms with Gasteiger partial charge < -0.3 is 14.0 Å². The second-order valence-corrected chi connectivity index (χ2v) is 16.9. The summed E-state index contributed by atoms with van der Waals surface area (Å²) in [6, 6.07) is 0. The zero-order valence-electron chi connectivity index (χ0n) is 21.9.